The maximum Gasteiger partial charge on any atom is 0.251 e. The average molecular weight is 262 g/mol. The largest absolute Gasteiger partial charge is 0.396 e. The molecule has 0 atom stereocenters. The minimum absolute atomic E-state index is 0.0373. The lowest BCUT2D eigenvalue weighted by Crippen LogP contribution is -2.25. The van der Waals surface area contributed by atoms with Crippen molar-refractivity contribution in [2.75, 3.05) is 12.3 Å². The van der Waals surface area contributed by atoms with Gasteiger partial charge in [-0.2, -0.15) is 5.10 Å². The summed E-state index contributed by atoms with van der Waals surface area (Å²) in [6, 6.07) is 5.86. The van der Waals surface area contributed by atoms with Gasteiger partial charge in [-0.25, -0.2) is 4.39 Å². The van der Waals surface area contributed by atoms with E-state index in [0.717, 1.165) is 19.0 Å². The molecule has 0 spiro atoms. The fourth-order valence-electron chi connectivity index (χ4n) is 1.65. The van der Waals surface area contributed by atoms with E-state index in [1.165, 1.54) is 12.1 Å². The van der Waals surface area contributed by atoms with Gasteiger partial charge < -0.3 is 11.1 Å². The number of amides is 1. The Kier molecular flexibility index (Phi) is 4.12. The number of hydrogen-bond donors (Lipinski definition) is 2. The molecule has 6 heteroatoms. The summed E-state index contributed by atoms with van der Waals surface area (Å²) in [5, 5.41) is 6.77. The van der Waals surface area contributed by atoms with Gasteiger partial charge in [0.05, 0.1) is 5.69 Å². The molecule has 0 bridgehead atoms. The number of nitrogens with two attached hydrogens (primary N) is 1. The van der Waals surface area contributed by atoms with Crippen LogP contribution in [0.4, 0.5) is 10.1 Å². The third kappa shape index (κ3) is 3.54. The molecule has 0 saturated carbocycles. The van der Waals surface area contributed by atoms with E-state index in [9.17, 15) is 9.18 Å². The predicted octanol–water partition coefficient (Wildman–Crippen LogP) is 1.42. The number of carbonyl (C=O) groups is 1. The third-order valence-electron chi connectivity index (χ3n) is 2.67. The Balaban J connectivity index is 1.79. The van der Waals surface area contributed by atoms with E-state index in [-0.39, 0.29) is 17.2 Å². The summed E-state index contributed by atoms with van der Waals surface area (Å²) in [7, 11) is 0. The van der Waals surface area contributed by atoms with Gasteiger partial charge in [0, 0.05) is 31.0 Å². The van der Waals surface area contributed by atoms with Crippen LogP contribution in [0.25, 0.3) is 0 Å². The van der Waals surface area contributed by atoms with Crippen molar-refractivity contribution in [2.45, 2.75) is 13.0 Å². The van der Waals surface area contributed by atoms with E-state index < -0.39 is 5.82 Å². The zero-order valence-electron chi connectivity index (χ0n) is 10.3. The number of anilines is 1. The first-order valence-corrected chi connectivity index (χ1v) is 5.97. The lowest BCUT2D eigenvalue weighted by molar-refractivity contribution is 0.0952. The van der Waals surface area contributed by atoms with Crippen molar-refractivity contribution in [1.29, 1.82) is 0 Å². The second kappa shape index (κ2) is 5.99. The Morgan fingerprint density at radius 1 is 1.47 bits per heavy atom. The lowest BCUT2D eigenvalue weighted by atomic mass is 10.2. The highest BCUT2D eigenvalue weighted by molar-refractivity contribution is 5.94. The Hall–Kier alpha value is -2.37. The molecule has 1 aromatic heterocycles. The van der Waals surface area contributed by atoms with Crippen molar-refractivity contribution in [3.8, 4) is 0 Å². The van der Waals surface area contributed by atoms with Gasteiger partial charge in [-0.05, 0) is 30.7 Å². The van der Waals surface area contributed by atoms with Crippen LogP contribution >= 0.6 is 0 Å². The summed E-state index contributed by atoms with van der Waals surface area (Å²) in [4.78, 5) is 11.7. The van der Waals surface area contributed by atoms with Crippen molar-refractivity contribution in [3.63, 3.8) is 0 Å². The van der Waals surface area contributed by atoms with Crippen LogP contribution in [0, 0.1) is 5.82 Å². The molecular formula is C13H15FN4O. The lowest BCUT2D eigenvalue weighted by Gasteiger charge is -2.06. The third-order valence-corrected chi connectivity index (χ3v) is 2.67. The normalized spacial score (nSPS) is 10.4. The Morgan fingerprint density at radius 3 is 3.00 bits per heavy atom. The number of hydrogen-bond acceptors (Lipinski definition) is 3. The molecule has 1 amide bonds. The van der Waals surface area contributed by atoms with Gasteiger partial charge in [-0.3, -0.25) is 9.48 Å². The molecule has 2 aromatic rings. The Morgan fingerprint density at radius 2 is 2.32 bits per heavy atom. The molecule has 0 aliphatic heterocycles. The van der Waals surface area contributed by atoms with Crippen molar-refractivity contribution in [1.82, 2.24) is 15.1 Å². The SMILES string of the molecule is Nc1ccc(C(=O)NCCCn2cccn2)cc1F. The van der Waals surface area contributed by atoms with Crippen molar-refractivity contribution in [2.24, 2.45) is 0 Å². The Bertz CT molecular complexity index is 554. The first-order chi connectivity index (χ1) is 9.16. The standard InChI is InChI=1S/C13H15FN4O/c14-11-9-10(3-4-12(11)15)13(19)16-5-1-7-18-8-2-6-17-18/h2-4,6,8-9H,1,5,7,15H2,(H,16,19). The number of halogens is 1. The quantitative estimate of drug-likeness (QED) is 0.632. The molecule has 0 aliphatic carbocycles. The van der Waals surface area contributed by atoms with Gasteiger partial charge in [0.15, 0.2) is 0 Å². The number of nitrogen functional groups attached to an aromatic ring is 1. The summed E-state index contributed by atoms with van der Waals surface area (Å²) < 4.78 is 15.0. The first kappa shape index (κ1) is 13.1. The molecule has 5 nitrogen and oxygen atoms in total. The number of nitrogens with one attached hydrogen (secondary N) is 1. The zero-order valence-corrected chi connectivity index (χ0v) is 10.3. The highest BCUT2D eigenvalue weighted by Gasteiger charge is 2.07. The zero-order chi connectivity index (χ0) is 13.7. The topological polar surface area (TPSA) is 72.9 Å². The van der Waals surface area contributed by atoms with Crippen LogP contribution in [0.15, 0.2) is 36.7 Å². The van der Waals surface area contributed by atoms with E-state index in [2.05, 4.69) is 10.4 Å². The second-order valence-corrected chi connectivity index (χ2v) is 4.11. The van der Waals surface area contributed by atoms with Crippen LogP contribution in [0.1, 0.15) is 16.8 Å². The van der Waals surface area contributed by atoms with E-state index >= 15 is 0 Å². The summed E-state index contributed by atoms with van der Waals surface area (Å²) in [6.45, 7) is 1.23. The van der Waals surface area contributed by atoms with Crippen LogP contribution in [0.5, 0.6) is 0 Å². The molecule has 0 radical (unpaired) electrons. The number of benzene rings is 1. The maximum absolute atomic E-state index is 13.2. The van der Waals surface area contributed by atoms with Crippen LogP contribution in [0.3, 0.4) is 0 Å². The molecule has 1 heterocycles. The van der Waals surface area contributed by atoms with Crippen molar-refractivity contribution in [3.05, 3.63) is 48.0 Å². The smallest absolute Gasteiger partial charge is 0.251 e. The molecule has 19 heavy (non-hydrogen) atoms. The second-order valence-electron chi connectivity index (χ2n) is 4.11. The molecule has 2 rings (SSSR count). The van der Waals surface area contributed by atoms with E-state index in [1.54, 1.807) is 10.9 Å². The fraction of sp³-hybridized carbons (Fsp3) is 0.231. The van der Waals surface area contributed by atoms with Gasteiger partial charge in [0.25, 0.3) is 5.91 Å². The van der Waals surface area contributed by atoms with Gasteiger partial charge in [-0.1, -0.05) is 0 Å². The van der Waals surface area contributed by atoms with E-state index in [4.69, 9.17) is 5.73 Å². The highest BCUT2D eigenvalue weighted by atomic mass is 19.1. The summed E-state index contributed by atoms with van der Waals surface area (Å²) in [5.41, 5.74) is 5.65. The molecule has 0 unspecified atom stereocenters. The van der Waals surface area contributed by atoms with Gasteiger partial charge in [0.1, 0.15) is 5.82 Å². The summed E-state index contributed by atoms with van der Waals surface area (Å²) >= 11 is 0. The Labute approximate surface area is 110 Å². The van der Waals surface area contributed by atoms with Crippen LogP contribution in [-0.2, 0) is 6.54 Å². The molecule has 0 saturated heterocycles. The average Bonchev–Trinajstić information content (AvgIpc) is 2.91. The predicted molar refractivity (Wildman–Crippen MR) is 70.0 cm³/mol. The summed E-state index contributed by atoms with van der Waals surface area (Å²) in [6.07, 6.45) is 4.32. The number of carbonyl (C=O) groups excluding carboxylic acids is 1. The molecular weight excluding hydrogens is 247 g/mol. The highest BCUT2D eigenvalue weighted by Crippen LogP contribution is 2.11. The van der Waals surface area contributed by atoms with Gasteiger partial charge in [0.2, 0.25) is 0 Å². The fourth-order valence-corrected chi connectivity index (χ4v) is 1.65. The number of aryl methyl sites for hydroxylation is 1. The summed E-state index contributed by atoms with van der Waals surface area (Å²) in [5.74, 6) is -0.886. The van der Waals surface area contributed by atoms with E-state index in [0.29, 0.717) is 6.54 Å². The van der Waals surface area contributed by atoms with Crippen LogP contribution < -0.4 is 11.1 Å². The van der Waals surface area contributed by atoms with Crippen LogP contribution in [-0.4, -0.2) is 22.2 Å². The number of nitrogens with zero attached hydrogens (tertiary/aromatic N) is 2. The number of aromatic nitrogens is 2. The van der Waals surface area contributed by atoms with Crippen molar-refractivity contribution >= 4 is 11.6 Å². The minimum atomic E-state index is -0.579. The van der Waals surface area contributed by atoms with Gasteiger partial charge >= 0.3 is 0 Å². The van der Waals surface area contributed by atoms with Crippen LogP contribution in [0.2, 0.25) is 0 Å². The van der Waals surface area contributed by atoms with Gasteiger partial charge in [-0.15, -0.1) is 0 Å². The number of rotatable bonds is 5. The molecule has 3 N–H and O–H groups in total. The molecule has 0 aliphatic rings. The molecule has 100 valence electrons. The molecule has 1 aromatic carbocycles. The monoisotopic (exact) mass is 262 g/mol. The molecule has 0 fully saturated rings. The van der Waals surface area contributed by atoms with Crippen molar-refractivity contribution < 1.29 is 9.18 Å². The minimum Gasteiger partial charge on any atom is -0.396 e. The maximum atomic E-state index is 13.2. The van der Waals surface area contributed by atoms with E-state index in [1.807, 2.05) is 12.3 Å². The first-order valence-electron chi connectivity index (χ1n) is 5.97.